The minimum absolute atomic E-state index is 0.0184. The zero-order valence-electron chi connectivity index (χ0n) is 24.7. The summed E-state index contributed by atoms with van der Waals surface area (Å²) in [6.07, 6.45) is 5.21. The van der Waals surface area contributed by atoms with Crippen LogP contribution in [0.15, 0.2) is 48.8 Å². The first-order chi connectivity index (χ1) is 20.3. The normalized spacial score (nSPS) is 15.9. The average Bonchev–Trinajstić information content (AvgIpc) is 3.64. The van der Waals surface area contributed by atoms with Gasteiger partial charge in [-0.05, 0) is 60.8 Å². The molecule has 1 aliphatic heterocycles. The van der Waals surface area contributed by atoms with Gasteiger partial charge in [-0.1, -0.05) is 39.0 Å². The molecule has 12 nitrogen and oxygen atoms in total. The second-order valence-electron chi connectivity index (χ2n) is 10.8. The molecule has 0 spiro atoms. The van der Waals surface area contributed by atoms with Crippen molar-refractivity contribution in [3.63, 3.8) is 0 Å². The van der Waals surface area contributed by atoms with Crippen molar-refractivity contribution in [2.24, 2.45) is 13.0 Å². The fourth-order valence-corrected chi connectivity index (χ4v) is 5.07. The molecule has 1 aliphatic rings. The van der Waals surface area contributed by atoms with Gasteiger partial charge in [-0.2, -0.15) is 5.10 Å². The molecule has 2 unspecified atom stereocenters. The number of anilines is 1. The molecule has 3 aromatic heterocycles. The second-order valence-corrected chi connectivity index (χ2v) is 10.8. The van der Waals surface area contributed by atoms with E-state index in [1.54, 1.807) is 38.0 Å². The highest BCUT2D eigenvalue weighted by Crippen LogP contribution is 2.31. The van der Waals surface area contributed by atoms with Crippen LogP contribution in [0, 0.1) is 12.8 Å². The fraction of sp³-hybridized carbons (Fsp3) is 0.433. The van der Waals surface area contributed by atoms with Gasteiger partial charge in [-0.25, -0.2) is 4.98 Å². The number of esters is 1. The quantitative estimate of drug-likeness (QED) is 0.297. The van der Waals surface area contributed by atoms with E-state index < -0.39 is 6.23 Å². The molecule has 4 aromatic rings. The van der Waals surface area contributed by atoms with E-state index in [1.165, 1.54) is 4.80 Å². The molecule has 42 heavy (non-hydrogen) atoms. The Balaban J connectivity index is 1.42. The molecule has 1 amide bonds. The van der Waals surface area contributed by atoms with Gasteiger partial charge in [-0.3, -0.25) is 19.2 Å². The van der Waals surface area contributed by atoms with Gasteiger partial charge in [0.1, 0.15) is 11.5 Å². The van der Waals surface area contributed by atoms with Crippen LogP contribution in [0.25, 0.3) is 22.6 Å². The molecular weight excluding hydrogens is 534 g/mol. The van der Waals surface area contributed by atoms with Crippen molar-refractivity contribution in [3.8, 4) is 22.6 Å². The van der Waals surface area contributed by atoms with E-state index in [-0.39, 0.29) is 23.8 Å². The summed E-state index contributed by atoms with van der Waals surface area (Å²) in [7, 11) is 1.80. The van der Waals surface area contributed by atoms with E-state index in [0.717, 1.165) is 42.6 Å². The molecule has 12 heteroatoms. The van der Waals surface area contributed by atoms with Gasteiger partial charge in [0.2, 0.25) is 12.1 Å². The Morgan fingerprint density at radius 3 is 2.64 bits per heavy atom. The summed E-state index contributed by atoms with van der Waals surface area (Å²) < 4.78 is 7.23. The van der Waals surface area contributed by atoms with Crippen LogP contribution in [0.4, 0.5) is 5.82 Å². The van der Waals surface area contributed by atoms with Gasteiger partial charge in [0.05, 0.1) is 18.2 Å². The van der Waals surface area contributed by atoms with Crippen LogP contribution in [0.2, 0.25) is 0 Å². The fourth-order valence-electron chi connectivity index (χ4n) is 5.07. The van der Waals surface area contributed by atoms with Crippen molar-refractivity contribution in [2.45, 2.75) is 59.2 Å². The Morgan fingerprint density at radius 1 is 1.19 bits per heavy atom. The molecule has 0 aliphatic carbocycles. The van der Waals surface area contributed by atoms with Crippen molar-refractivity contribution in [1.82, 2.24) is 40.3 Å². The van der Waals surface area contributed by atoms with Gasteiger partial charge in [0.15, 0.2) is 0 Å². The molecule has 5 rings (SSSR count). The number of tetrazole rings is 1. The Morgan fingerprint density at radius 2 is 1.98 bits per heavy atom. The topological polar surface area (TPSA) is 133 Å². The first-order valence-corrected chi connectivity index (χ1v) is 14.4. The summed E-state index contributed by atoms with van der Waals surface area (Å²) in [6.45, 7) is 9.10. The third-order valence-electron chi connectivity index (χ3n) is 7.42. The maximum atomic E-state index is 13.9. The number of rotatable bonds is 9. The zero-order chi connectivity index (χ0) is 29.8. The number of ether oxygens (including phenoxy) is 1. The smallest absolute Gasteiger partial charge is 0.310 e. The molecule has 0 saturated carbocycles. The van der Waals surface area contributed by atoms with Gasteiger partial charge >= 0.3 is 5.97 Å². The average molecular weight is 572 g/mol. The summed E-state index contributed by atoms with van der Waals surface area (Å²) in [5, 5.41) is 20.8. The monoisotopic (exact) mass is 571 g/mol. The highest BCUT2D eigenvalue weighted by Gasteiger charge is 2.30. The molecule has 0 bridgehead atoms. The SMILES string of the molecule is CCC(OC(=O)C(C)C)n1nnc(-c2c(-c3ccc(C(=O)N(c4ncccc4C)C4CCCNC4)cc3)cnn2C)n1. The molecule has 1 saturated heterocycles. The third kappa shape index (κ3) is 5.94. The maximum absolute atomic E-state index is 13.9. The van der Waals surface area contributed by atoms with E-state index in [1.807, 2.05) is 55.1 Å². The van der Waals surface area contributed by atoms with Crippen LogP contribution in [0.3, 0.4) is 0 Å². The van der Waals surface area contributed by atoms with Crippen molar-refractivity contribution in [3.05, 3.63) is 59.9 Å². The number of carbonyl (C=O) groups is 2. The number of aromatic nitrogens is 7. The lowest BCUT2D eigenvalue weighted by Crippen LogP contribution is -2.49. The molecule has 2 atom stereocenters. The third-order valence-corrected chi connectivity index (χ3v) is 7.42. The van der Waals surface area contributed by atoms with E-state index in [2.05, 4.69) is 30.8 Å². The summed E-state index contributed by atoms with van der Waals surface area (Å²) >= 11 is 0. The van der Waals surface area contributed by atoms with Gasteiger partial charge < -0.3 is 10.1 Å². The number of hydrogen-bond acceptors (Lipinski definition) is 9. The number of amides is 1. The van der Waals surface area contributed by atoms with Crippen LogP contribution in [-0.2, 0) is 16.6 Å². The number of nitrogens with one attached hydrogen (secondary N) is 1. The van der Waals surface area contributed by atoms with Crippen molar-refractivity contribution in [2.75, 3.05) is 18.0 Å². The lowest BCUT2D eigenvalue weighted by molar-refractivity contribution is -0.159. The minimum atomic E-state index is -0.659. The van der Waals surface area contributed by atoms with Crippen molar-refractivity contribution >= 4 is 17.7 Å². The summed E-state index contributed by atoms with van der Waals surface area (Å²) in [4.78, 5) is 33.8. The molecule has 1 fully saturated rings. The van der Waals surface area contributed by atoms with Gasteiger partial charge in [-0.15, -0.1) is 15.0 Å². The van der Waals surface area contributed by atoms with Gasteiger partial charge in [0.25, 0.3) is 5.91 Å². The number of benzene rings is 1. The van der Waals surface area contributed by atoms with E-state index in [4.69, 9.17) is 4.74 Å². The van der Waals surface area contributed by atoms with Crippen molar-refractivity contribution < 1.29 is 14.3 Å². The highest BCUT2D eigenvalue weighted by atomic mass is 16.6. The molecule has 0 radical (unpaired) electrons. The standard InChI is InChI=1S/C30H37N9O3/c1-6-25(42-30(41)19(2)3)39-35-27(34-36-39)26-24(18-33-37(26)5)21-11-13-22(14-12-21)29(40)38(23-10-8-15-31-17-23)28-20(4)9-7-16-32-28/h7,9,11-14,16,18-19,23,25,31H,6,8,10,15,17H2,1-5H3. The first-order valence-electron chi connectivity index (χ1n) is 14.4. The first kappa shape index (κ1) is 29.1. The van der Waals surface area contributed by atoms with Crippen molar-refractivity contribution in [1.29, 1.82) is 0 Å². The lowest BCUT2D eigenvalue weighted by Gasteiger charge is -2.34. The summed E-state index contributed by atoms with van der Waals surface area (Å²) in [5.74, 6) is 0.363. The van der Waals surface area contributed by atoms with Gasteiger partial charge in [0, 0.05) is 37.3 Å². The second kappa shape index (κ2) is 12.6. The number of pyridine rings is 1. The number of aryl methyl sites for hydroxylation is 2. The summed E-state index contributed by atoms with van der Waals surface area (Å²) in [5.41, 5.74) is 3.82. The molecule has 1 N–H and O–H groups in total. The largest absolute Gasteiger partial charge is 0.438 e. The van der Waals surface area contributed by atoms with Crippen LogP contribution >= 0.6 is 0 Å². The Hall–Kier alpha value is -4.45. The minimum Gasteiger partial charge on any atom is -0.438 e. The Kier molecular flexibility index (Phi) is 8.72. The molecule has 220 valence electrons. The number of piperidine rings is 1. The summed E-state index contributed by atoms with van der Waals surface area (Å²) in [6, 6.07) is 11.4. The van der Waals surface area contributed by atoms with Crippen LogP contribution in [-0.4, -0.2) is 66.0 Å². The lowest BCUT2D eigenvalue weighted by atomic mass is 10.0. The molecule has 1 aromatic carbocycles. The molecule has 4 heterocycles. The number of hydrogen-bond donors (Lipinski definition) is 1. The Labute approximate surface area is 245 Å². The van der Waals surface area contributed by atoms with E-state index >= 15 is 0 Å². The van der Waals surface area contributed by atoms with E-state index in [0.29, 0.717) is 29.3 Å². The highest BCUT2D eigenvalue weighted by molar-refractivity contribution is 6.06. The van der Waals surface area contributed by atoms with Crippen LogP contribution < -0.4 is 10.2 Å². The predicted octanol–water partition coefficient (Wildman–Crippen LogP) is 3.95. The Bertz CT molecular complexity index is 1540. The molecular formula is C30H37N9O3. The number of carbonyl (C=O) groups excluding carboxylic acids is 2. The zero-order valence-corrected chi connectivity index (χ0v) is 24.7. The van der Waals surface area contributed by atoms with E-state index in [9.17, 15) is 9.59 Å². The predicted molar refractivity (Wildman–Crippen MR) is 157 cm³/mol. The maximum Gasteiger partial charge on any atom is 0.310 e. The number of nitrogens with zero attached hydrogens (tertiary/aromatic N) is 8. The van der Waals surface area contributed by atoms with Crippen LogP contribution in [0.5, 0.6) is 0 Å². The van der Waals surface area contributed by atoms with Crippen LogP contribution in [0.1, 0.15) is 62.2 Å².